The second-order valence-electron chi connectivity index (χ2n) is 6.07. The molecule has 7 heteroatoms. The third-order valence-corrected chi connectivity index (χ3v) is 4.90. The third kappa shape index (κ3) is 3.70. The highest BCUT2D eigenvalue weighted by Crippen LogP contribution is 2.37. The SMILES string of the molecule is CCOC(=O)N1CCN(C(C#N)(CC)c2ccc(OC)c(OC)c2)CC1. The second kappa shape index (κ2) is 8.77. The quantitative estimate of drug-likeness (QED) is 0.775. The number of piperazine rings is 1. The van der Waals surface area contributed by atoms with Gasteiger partial charge in [-0.15, -0.1) is 0 Å². The Hall–Kier alpha value is -2.46. The predicted octanol–water partition coefficient (Wildman–Crippen LogP) is 2.61. The lowest BCUT2D eigenvalue weighted by molar-refractivity contribution is 0.0451. The number of methoxy groups -OCH3 is 2. The van der Waals surface area contributed by atoms with E-state index in [4.69, 9.17) is 14.2 Å². The molecule has 1 saturated heterocycles. The van der Waals surface area contributed by atoms with Crippen LogP contribution in [0.2, 0.25) is 0 Å². The minimum Gasteiger partial charge on any atom is -0.493 e. The molecule has 0 spiro atoms. The predicted molar refractivity (Wildman–Crippen MR) is 97.3 cm³/mol. The van der Waals surface area contributed by atoms with Crippen molar-refractivity contribution in [3.8, 4) is 17.6 Å². The van der Waals surface area contributed by atoms with Crippen LogP contribution in [0.25, 0.3) is 0 Å². The van der Waals surface area contributed by atoms with Gasteiger partial charge in [0.15, 0.2) is 11.5 Å². The van der Waals surface area contributed by atoms with Gasteiger partial charge in [-0.1, -0.05) is 13.0 Å². The van der Waals surface area contributed by atoms with E-state index in [-0.39, 0.29) is 6.09 Å². The Kier molecular flexibility index (Phi) is 6.70. The normalized spacial score (nSPS) is 17.1. The number of hydrogen-bond donors (Lipinski definition) is 0. The van der Waals surface area contributed by atoms with Crippen molar-refractivity contribution in [2.24, 2.45) is 0 Å². The minimum atomic E-state index is -0.777. The monoisotopic (exact) mass is 361 g/mol. The van der Waals surface area contributed by atoms with Gasteiger partial charge in [0.05, 0.1) is 26.9 Å². The summed E-state index contributed by atoms with van der Waals surface area (Å²) in [5, 5.41) is 10.1. The molecule has 1 aliphatic heterocycles. The zero-order valence-corrected chi connectivity index (χ0v) is 15.9. The van der Waals surface area contributed by atoms with E-state index in [2.05, 4.69) is 11.0 Å². The molecule has 1 atom stereocenters. The molecule has 0 saturated carbocycles. The third-order valence-electron chi connectivity index (χ3n) is 4.90. The summed E-state index contributed by atoms with van der Waals surface area (Å²) < 4.78 is 15.8. The Balaban J connectivity index is 2.26. The molecule has 1 amide bonds. The highest BCUT2D eigenvalue weighted by Gasteiger charge is 2.40. The van der Waals surface area contributed by atoms with Crippen LogP contribution in [0, 0.1) is 11.3 Å². The first kappa shape index (κ1) is 19.9. The molecule has 0 aromatic heterocycles. The van der Waals surface area contributed by atoms with Crippen molar-refractivity contribution >= 4 is 6.09 Å². The fraction of sp³-hybridized carbons (Fsp3) is 0.579. The number of amides is 1. The molecule has 0 N–H and O–H groups in total. The molecular weight excluding hydrogens is 334 g/mol. The molecule has 7 nitrogen and oxygen atoms in total. The van der Waals surface area contributed by atoms with E-state index in [0.29, 0.717) is 50.7 Å². The Morgan fingerprint density at radius 3 is 2.31 bits per heavy atom. The average Bonchev–Trinajstić information content (AvgIpc) is 2.69. The maximum atomic E-state index is 11.9. The lowest BCUT2D eigenvalue weighted by Gasteiger charge is -2.43. The Bertz CT molecular complexity index is 665. The van der Waals surface area contributed by atoms with E-state index in [0.717, 1.165) is 5.56 Å². The van der Waals surface area contributed by atoms with E-state index >= 15 is 0 Å². The largest absolute Gasteiger partial charge is 0.493 e. The van der Waals surface area contributed by atoms with Gasteiger partial charge in [-0.2, -0.15) is 5.26 Å². The number of nitrogens with zero attached hydrogens (tertiary/aromatic N) is 3. The van der Waals surface area contributed by atoms with Crippen LogP contribution in [0.3, 0.4) is 0 Å². The second-order valence-corrected chi connectivity index (χ2v) is 6.07. The number of benzene rings is 1. The van der Waals surface area contributed by atoms with Gasteiger partial charge in [-0.3, -0.25) is 4.90 Å². The Morgan fingerprint density at radius 1 is 1.15 bits per heavy atom. The van der Waals surface area contributed by atoms with E-state index < -0.39 is 5.54 Å². The summed E-state index contributed by atoms with van der Waals surface area (Å²) in [5.74, 6) is 1.23. The molecule has 1 fully saturated rings. The van der Waals surface area contributed by atoms with Crippen LogP contribution in [0.5, 0.6) is 11.5 Å². The minimum absolute atomic E-state index is 0.294. The van der Waals surface area contributed by atoms with Gasteiger partial charge in [-0.05, 0) is 31.0 Å². The summed E-state index contributed by atoms with van der Waals surface area (Å²) in [5.41, 5.74) is 0.0880. The standard InChI is InChI=1S/C19H27N3O4/c1-5-19(14-20,15-7-8-16(24-3)17(13-15)25-4)22-11-9-21(10-12-22)18(23)26-6-2/h7-8,13H,5-6,9-12H2,1-4H3. The average molecular weight is 361 g/mol. The molecule has 0 radical (unpaired) electrons. The first-order valence-electron chi connectivity index (χ1n) is 8.86. The summed E-state index contributed by atoms with van der Waals surface area (Å²) >= 11 is 0. The first-order chi connectivity index (χ1) is 12.6. The Labute approximate surface area is 155 Å². The van der Waals surface area contributed by atoms with Gasteiger partial charge in [0.25, 0.3) is 0 Å². The number of rotatable bonds is 6. The maximum absolute atomic E-state index is 11.9. The van der Waals surface area contributed by atoms with Gasteiger partial charge >= 0.3 is 6.09 Å². The van der Waals surface area contributed by atoms with Crippen molar-refractivity contribution in [1.82, 2.24) is 9.80 Å². The highest BCUT2D eigenvalue weighted by molar-refractivity contribution is 5.67. The fourth-order valence-corrected chi connectivity index (χ4v) is 3.40. The molecule has 1 aliphatic rings. The molecule has 1 aromatic rings. The summed E-state index contributed by atoms with van der Waals surface area (Å²) in [7, 11) is 3.17. The summed E-state index contributed by atoms with van der Waals surface area (Å²) in [6.45, 7) is 6.44. The van der Waals surface area contributed by atoms with E-state index in [1.807, 2.05) is 25.1 Å². The van der Waals surface area contributed by atoms with Crippen molar-refractivity contribution in [2.45, 2.75) is 25.8 Å². The highest BCUT2D eigenvalue weighted by atomic mass is 16.6. The zero-order valence-electron chi connectivity index (χ0n) is 15.9. The van der Waals surface area contributed by atoms with E-state index in [9.17, 15) is 10.1 Å². The van der Waals surface area contributed by atoms with Gasteiger partial charge in [-0.25, -0.2) is 4.79 Å². The van der Waals surface area contributed by atoms with Crippen LogP contribution in [0.1, 0.15) is 25.8 Å². The van der Waals surface area contributed by atoms with E-state index in [1.165, 1.54) is 0 Å². The van der Waals surface area contributed by atoms with Crippen LogP contribution < -0.4 is 9.47 Å². The van der Waals surface area contributed by atoms with Crippen molar-refractivity contribution in [3.63, 3.8) is 0 Å². The van der Waals surface area contributed by atoms with Crippen molar-refractivity contribution in [3.05, 3.63) is 23.8 Å². The lowest BCUT2D eigenvalue weighted by Crippen LogP contribution is -2.56. The Morgan fingerprint density at radius 2 is 1.81 bits per heavy atom. The number of ether oxygens (including phenoxy) is 3. The van der Waals surface area contributed by atoms with Crippen molar-refractivity contribution < 1.29 is 19.0 Å². The van der Waals surface area contributed by atoms with Gasteiger partial charge < -0.3 is 19.1 Å². The molecule has 1 aromatic carbocycles. The van der Waals surface area contributed by atoms with Crippen molar-refractivity contribution in [2.75, 3.05) is 47.0 Å². The molecule has 0 bridgehead atoms. The van der Waals surface area contributed by atoms with Crippen LogP contribution in [0.15, 0.2) is 18.2 Å². The van der Waals surface area contributed by atoms with Crippen molar-refractivity contribution in [1.29, 1.82) is 5.26 Å². The molecule has 26 heavy (non-hydrogen) atoms. The lowest BCUT2D eigenvalue weighted by atomic mass is 9.86. The zero-order chi connectivity index (χ0) is 19.2. The molecule has 0 aliphatic carbocycles. The first-order valence-corrected chi connectivity index (χ1v) is 8.86. The van der Waals surface area contributed by atoms with Crippen LogP contribution in [-0.4, -0.2) is 62.9 Å². The molecule has 2 rings (SSSR count). The molecular formula is C19H27N3O4. The van der Waals surface area contributed by atoms with Gasteiger partial charge in [0.2, 0.25) is 0 Å². The van der Waals surface area contributed by atoms with Gasteiger partial charge in [0, 0.05) is 26.2 Å². The smallest absolute Gasteiger partial charge is 0.409 e. The molecule has 142 valence electrons. The number of carbonyl (C=O) groups is 1. The number of hydrogen-bond acceptors (Lipinski definition) is 6. The number of carbonyl (C=O) groups excluding carboxylic acids is 1. The van der Waals surface area contributed by atoms with Gasteiger partial charge in [0.1, 0.15) is 5.54 Å². The summed E-state index contributed by atoms with van der Waals surface area (Å²) in [6, 6.07) is 8.10. The summed E-state index contributed by atoms with van der Waals surface area (Å²) in [6.07, 6.45) is 0.329. The van der Waals surface area contributed by atoms with Crippen LogP contribution in [0.4, 0.5) is 4.79 Å². The van der Waals surface area contributed by atoms with E-state index in [1.54, 1.807) is 26.0 Å². The fourth-order valence-electron chi connectivity index (χ4n) is 3.40. The molecule has 1 heterocycles. The molecule has 1 unspecified atom stereocenters. The topological polar surface area (TPSA) is 75.0 Å². The summed E-state index contributed by atoms with van der Waals surface area (Å²) in [4.78, 5) is 15.7. The van der Waals surface area contributed by atoms with Crippen LogP contribution >= 0.6 is 0 Å². The maximum Gasteiger partial charge on any atom is 0.409 e. The number of nitriles is 1. The van der Waals surface area contributed by atoms with Crippen LogP contribution in [-0.2, 0) is 10.3 Å².